The van der Waals surface area contributed by atoms with Gasteiger partial charge in [0.15, 0.2) is 0 Å². The van der Waals surface area contributed by atoms with Crippen LogP contribution in [0.3, 0.4) is 0 Å². The van der Waals surface area contributed by atoms with E-state index in [9.17, 15) is 9.59 Å². The lowest BCUT2D eigenvalue weighted by Crippen LogP contribution is -2.17. The summed E-state index contributed by atoms with van der Waals surface area (Å²) >= 11 is 0. The Balaban J connectivity index is 1.76. The predicted molar refractivity (Wildman–Crippen MR) is 152 cm³/mol. The lowest BCUT2D eigenvalue weighted by atomic mass is 10.0. The maximum Gasteiger partial charge on any atom is 0.333 e. The van der Waals surface area contributed by atoms with E-state index in [1.165, 1.54) is 6.42 Å². The average molecular weight is 539 g/mol. The molecule has 0 saturated heterocycles. The van der Waals surface area contributed by atoms with Crippen molar-refractivity contribution in [1.29, 1.82) is 0 Å². The highest BCUT2D eigenvalue weighted by atomic mass is 16.5. The van der Waals surface area contributed by atoms with E-state index in [1.54, 1.807) is 14.0 Å². The van der Waals surface area contributed by atoms with E-state index < -0.39 is 11.9 Å². The number of nitrogens with zero attached hydrogens (tertiary/aromatic N) is 2. The third-order valence-corrected chi connectivity index (χ3v) is 5.98. The maximum atomic E-state index is 12.0. The fourth-order valence-electron chi connectivity index (χ4n) is 3.81. The number of carbonyl (C=O) groups is 2. The fourth-order valence-corrected chi connectivity index (χ4v) is 3.81. The van der Waals surface area contributed by atoms with E-state index in [2.05, 4.69) is 23.7 Å². The molecule has 8 nitrogen and oxygen atoms in total. The van der Waals surface area contributed by atoms with Gasteiger partial charge in [0.2, 0.25) is 0 Å². The largest absolute Gasteiger partial charge is 0.497 e. The van der Waals surface area contributed by atoms with E-state index in [0.29, 0.717) is 6.61 Å². The number of hydrogen-bond donors (Lipinski definition) is 0. The van der Waals surface area contributed by atoms with Crippen LogP contribution in [-0.2, 0) is 19.1 Å². The second-order valence-corrected chi connectivity index (χ2v) is 9.20. The zero-order valence-corrected chi connectivity index (χ0v) is 23.5. The Hall–Kier alpha value is -3.68. The topological polar surface area (TPSA) is 95.8 Å². The molecule has 2 aromatic rings. The third kappa shape index (κ3) is 13.1. The minimum Gasteiger partial charge on any atom is -0.497 e. The average Bonchev–Trinajstić information content (AvgIpc) is 2.94. The van der Waals surface area contributed by atoms with Crippen molar-refractivity contribution in [2.24, 2.45) is 10.2 Å². The van der Waals surface area contributed by atoms with Crippen molar-refractivity contribution >= 4 is 23.3 Å². The number of hydrogen-bond acceptors (Lipinski definition) is 8. The van der Waals surface area contributed by atoms with Crippen LogP contribution in [0.5, 0.6) is 11.5 Å². The van der Waals surface area contributed by atoms with Crippen LogP contribution in [0.1, 0.15) is 71.6 Å². The van der Waals surface area contributed by atoms with Gasteiger partial charge in [0.1, 0.15) is 11.5 Å². The molecular weight excluding hydrogens is 496 g/mol. The highest BCUT2D eigenvalue weighted by Crippen LogP contribution is 2.25. The number of benzene rings is 2. The summed E-state index contributed by atoms with van der Waals surface area (Å²) in [7, 11) is 1.63. The monoisotopic (exact) mass is 538 g/mol. The van der Waals surface area contributed by atoms with Gasteiger partial charge in [-0.05, 0) is 94.0 Å². The molecule has 0 radical (unpaired) electrons. The minimum absolute atomic E-state index is 0.117. The van der Waals surface area contributed by atoms with Gasteiger partial charge in [0.05, 0.1) is 44.2 Å². The highest BCUT2D eigenvalue weighted by molar-refractivity contribution is 5.93. The Bertz CT molecular complexity index is 1030. The predicted octanol–water partition coefficient (Wildman–Crippen LogP) is 8.05. The number of methoxy groups -OCH3 is 1. The first-order valence-corrected chi connectivity index (χ1v) is 13.8. The Kier molecular flexibility index (Phi) is 15.0. The van der Waals surface area contributed by atoms with E-state index in [4.69, 9.17) is 18.9 Å². The van der Waals surface area contributed by atoms with Gasteiger partial charge in [0.25, 0.3) is 0 Å². The molecule has 0 heterocycles. The van der Waals surface area contributed by atoms with Crippen LogP contribution in [0.4, 0.5) is 11.4 Å². The van der Waals surface area contributed by atoms with E-state index >= 15 is 0 Å². The summed E-state index contributed by atoms with van der Waals surface area (Å²) in [5, 5.41) is 8.57. The van der Waals surface area contributed by atoms with Crippen LogP contribution in [0.2, 0.25) is 0 Å². The van der Waals surface area contributed by atoms with Gasteiger partial charge >= 0.3 is 11.9 Å². The summed E-state index contributed by atoms with van der Waals surface area (Å²) in [4.78, 5) is 23.4. The minimum atomic E-state index is -0.546. The molecular formula is C31H42N2O6. The standard InChI is InChI=1S/C31H42N2O6/c1-5-7-9-12-28(13-10-8-11-22-38-31(35)24(3)23-30(34)37-6-2)39-29-20-16-26(17-21-29)33-32-25-14-18-27(36-4)19-15-25/h14-21,28H,3,5-13,22-23H2,1-2,4H3. The molecule has 1 atom stereocenters. The van der Waals surface area contributed by atoms with E-state index in [1.807, 2.05) is 48.5 Å². The second-order valence-electron chi connectivity index (χ2n) is 9.20. The van der Waals surface area contributed by atoms with Gasteiger partial charge in [-0.2, -0.15) is 10.2 Å². The van der Waals surface area contributed by atoms with E-state index in [0.717, 1.165) is 67.8 Å². The maximum absolute atomic E-state index is 12.0. The van der Waals surface area contributed by atoms with Crippen LogP contribution >= 0.6 is 0 Å². The molecule has 0 aliphatic heterocycles. The number of rotatable bonds is 19. The summed E-state index contributed by atoms with van der Waals surface area (Å²) in [6, 6.07) is 15.1. The number of azo groups is 1. The molecule has 8 heteroatoms. The molecule has 39 heavy (non-hydrogen) atoms. The highest BCUT2D eigenvalue weighted by Gasteiger charge is 2.14. The van der Waals surface area contributed by atoms with Gasteiger partial charge in [-0.25, -0.2) is 4.79 Å². The van der Waals surface area contributed by atoms with Crippen LogP contribution in [-0.4, -0.2) is 38.4 Å². The van der Waals surface area contributed by atoms with Crippen LogP contribution in [0.15, 0.2) is 70.9 Å². The summed E-state index contributed by atoms with van der Waals surface area (Å²) < 4.78 is 21.5. The van der Waals surface area contributed by atoms with Gasteiger partial charge in [-0.1, -0.05) is 26.3 Å². The first-order chi connectivity index (χ1) is 18.9. The number of esters is 2. The van der Waals surface area contributed by atoms with Gasteiger partial charge in [0, 0.05) is 5.57 Å². The van der Waals surface area contributed by atoms with Crippen molar-refractivity contribution in [1.82, 2.24) is 0 Å². The smallest absolute Gasteiger partial charge is 0.333 e. The van der Waals surface area contributed by atoms with Crippen molar-refractivity contribution in [3.63, 3.8) is 0 Å². The molecule has 2 aromatic carbocycles. The zero-order valence-electron chi connectivity index (χ0n) is 23.5. The summed E-state index contributed by atoms with van der Waals surface area (Å²) in [5.41, 5.74) is 1.62. The molecule has 0 aliphatic rings. The molecule has 212 valence electrons. The summed E-state index contributed by atoms with van der Waals surface area (Å²) in [5.74, 6) is 0.576. The van der Waals surface area contributed by atoms with Crippen molar-refractivity contribution < 1.29 is 28.5 Å². The Morgan fingerprint density at radius 3 is 1.95 bits per heavy atom. The first-order valence-electron chi connectivity index (χ1n) is 13.8. The summed E-state index contributed by atoms with van der Waals surface area (Å²) in [6.07, 6.45) is 7.97. The van der Waals surface area contributed by atoms with E-state index in [-0.39, 0.29) is 24.7 Å². The molecule has 0 amide bonds. The Labute approximate surface area is 232 Å². The second kappa shape index (κ2) is 18.6. The lowest BCUT2D eigenvalue weighted by molar-refractivity contribution is -0.146. The molecule has 0 aliphatic carbocycles. The zero-order chi connectivity index (χ0) is 28.3. The molecule has 1 unspecified atom stereocenters. The number of ether oxygens (including phenoxy) is 4. The molecule has 0 bridgehead atoms. The van der Waals surface area contributed by atoms with Crippen LogP contribution in [0, 0.1) is 0 Å². The number of carbonyl (C=O) groups excluding carboxylic acids is 2. The molecule has 2 rings (SSSR count). The van der Waals surface area contributed by atoms with Crippen LogP contribution in [0.25, 0.3) is 0 Å². The number of unbranched alkanes of at least 4 members (excludes halogenated alkanes) is 4. The third-order valence-electron chi connectivity index (χ3n) is 5.98. The SMILES string of the molecule is C=C(CC(=O)OCC)C(=O)OCCCCCC(CCCCC)Oc1ccc(N=Nc2ccc(OC)cc2)cc1. The lowest BCUT2D eigenvalue weighted by Gasteiger charge is -2.19. The molecule has 0 aromatic heterocycles. The van der Waals surface area contributed by atoms with Crippen molar-refractivity contribution in [3.8, 4) is 11.5 Å². The Morgan fingerprint density at radius 2 is 1.38 bits per heavy atom. The Morgan fingerprint density at radius 1 is 0.795 bits per heavy atom. The summed E-state index contributed by atoms with van der Waals surface area (Å²) in [6.45, 7) is 8.10. The molecule has 0 spiro atoms. The van der Waals surface area contributed by atoms with Gasteiger partial charge in [-0.15, -0.1) is 0 Å². The van der Waals surface area contributed by atoms with Crippen molar-refractivity contribution in [2.45, 2.75) is 77.7 Å². The fraction of sp³-hybridized carbons (Fsp3) is 0.484. The normalized spacial score (nSPS) is 11.7. The molecule has 0 fully saturated rings. The molecule has 0 saturated carbocycles. The first kappa shape index (κ1) is 31.5. The van der Waals surface area contributed by atoms with Gasteiger partial charge < -0.3 is 18.9 Å². The van der Waals surface area contributed by atoms with Crippen molar-refractivity contribution in [3.05, 3.63) is 60.7 Å². The quantitative estimate of drug-likeness (QED) is 0.0777. The van der Waals surface area contributed by atoms with Crippen molar-refractivity contribution in [2.75, 3.05) is 20.3 Å². The molecule has 0 N–H and O–H groups in total. The van der Waals surface area contributed by atoms with Crippen LogP contribution < -0.4 is 9.47 Å². The van der Waals surface area contributed by atoms with Gasteiger partial charge in [-0.3, -0.25) is 4.79 Å².